The van der Waals surface area contributed by atoms with Crippen molar-refractivity contribution in [3.63, 3.8) is 0 Å². The minimum Gasteiger partial charge on any atom is -0.427 e. The molecule has 0 atom stereocenters. The first-order chi connectivity index (χ1) is 12.4. The Kier molecular flexibility index (Phi) is 7.16. The van der Waals surface area contributed by atoms with Gasteiger partial charge in [-0.25, -0.2) is 0 Å². The fraction of sp³-hybridized carbons (Fsp3) is 0.250. The van der Waals surface area contributed by atoms with Gasteiger partial charge in [0.05, 0.1) is 0 Å². The summed E-state index contributed by atoms with van der Waals surface area (Å²) < 4.78 is 0. The first-order valence-electron chi connectivity index (χ1n) is 8.20. The van der Waals surface area contributed by atoms with Crippen LogP contribution < -0.4 is 10.6 Å². The van der Waals surface area contributed by atoms with Crippen LogP contribution in [0.15, 0.2) is 36.4 Å². The summed E-state index contributed by atoms with van der Waals surface area (Å²) in [6.45, 7) is 0. The predicted molar refractivity (Wildman–Crippen MR) is 100 cm³/mol. The zero-order chi connectivity index (χ0) is 19.1. The van der Waals surface area contributed by atoms with Gasteiger partial charge in [-0.2, -0.15) is 0 Å². The molecular formula is C16H20B2N2O6. The van der Waals surface area contributed by atoms with Gasteiger partial charge in [0.2, 0.25) is 11.8 Å². The van der Waals surface area contributed by atoms with Crippen LogP contribution in [0, 0.1) is 0 Å². The Labute approximate surface area is 151 Å². The Morgan fingerprint density at radius 2 is 1.12 bits per heavy atom. The summed E-state index contributed by atoms with van der Waals surface area (Å²) >= 11 is 0. The fourth-order valence-corrected chi connectivity index (χ4v) is 2.47. The monoisotopic (exact) mass is 358 g/mol. The van der Waals surface area contributed by atoms with Gasteiger partial charge in [-0.3, -0.25) is 9.59 Å². The summed E-state index contributed by atoms with van der Waals surface area (Å²) in [6, 6.07) is 10.5. The molecule has 0 bridgehead atoms. The molecule has 136 valence electrons. The number of hydrogen-bond donors (Lipinski definition) is 6. The van der Waals surface area contributed by atoms with E-state index >= 15 is 0 Å². The van der Waals surface area contributed by atoms with Gasteiger partial charge in [-0.1, -0.05) is 24.3 Å². The van der Waals surface area contributed by atoms with Crippen molar-refractivity contribution in [2.24, 2.45) is 0 Å². The van der Waals surface area contributed by atoms with Crippen LogP contribution in [0.2, 0.25) is 12.6 Å². The van der Waals surface area contributed by atoms with Gasteiger partial charge in [0.1, 0.15) is 0 Å². The van der Waals surface area contributed by atoms with Crippen molar-refractivity contribution in [3.8, 4) is 0 Å². The second-order valence-electron chi connectivity index (χ2n) is 5.84. The van der Waals surface area contributed by atoms with Crippen molar-refractivity contribution < 1.29 is 29.7 Å². The molecule has 8 nitrogen and oxygen atoms in total. The molecule has 2 rings (SSSR count). The Bertz CT molecular complexity index is 719. The topological polar surface area (TPSA) is 139 Å². The molecule has 10 heteroatoms. The van der Waals surface area contributed by atoms with Crippen LogP contribution in [-0.2, 0) is 9.59 Å². The van der Waals surface area contributed by atoms with E-state index < -0.39 is 14.2 Å². The highest BCUT2D eigenvalue weighted by molar-refractivity contribution is 6.41. The number of nitrogens with one attached hydrogen (secondary N) is 2. The molecule has 0 unspecified atom stereocenters. The van der Waals surface area contributed by atoms with Gasteiger partial charge in [-0.15, -0.1) is 0 Å². The number of fused-ring (bicyclic) bond motifs is 1. The average molecular weight is 358 g/mol. The van der Waals surface area contributed by atoms with E-state index in [9.17, 15) is 9.59 Å². The van der Waals surface area contributed by atoms with Gasteiger partial charge in [0, 0.05) is 35.0 Å². The van der Waals surface area contributed by atoms with Crippen LogP contribution in [0.5, 0.6) is 0 Å². The van der Waals surface area contributed by atoms with Crippen molar-refractivity contribution in [2.45, 2.75) is 25.5 Å². The van der Waals surface area contributed by atoms with Gasteiger partial charge >= 0.3 is 14.2 Å². The highest BCUT2D eigenvalue weighted by Gasteiger charge is 2.14. The summed E-state index contributed by atoms with van der Waals surface area (Å²) in [5.41, 5.74) is 1.09. The molecule has 0 heterocycles. The van der Waals surface area contributed by atoms with E-state index in [4.69, 9.17) is 20.1 Å². The van der Waals surface area contributed by atoms with E-state index in [1.54, 1.807) is 36.4 Å². The molecule has 0 saturated carbocycles. The molecule has 26 heavy (non-hydrogen) atoms. The second kappa shape index (κ2) is 9.35. The molecule has 0 aromatic heterocycles. The zero-order valence-electron chi connectivity index (χ0n) is 14.1. The number of hydrogen-bond acceptors (Lipinski definition) is 6. The summed E-state index contributed by atoms with van der Waals surface area (Å²) in [5, 5.41) is 42.2. The number of carbonyl (C=O) groups excluding carboxylic acids is 2. The molecule has 2 aromatic carbocycles. The largest absolute Gasteiger partial charge is 0.451 e. The molecule has 0 aliphatic heterocycles. The van der Waals surface area contributed by atoms with E-state index in [1.165, 1.54) is 0 Å². The summed E-state index contributed by atoms with van der Waals surface area (Å²) in [4.78, 5) is 23.8. The highest BCUT2D eigenvalue weighted by atomic mass is 16.4. The average Bonchev–Trinajstić information content (AvgIpc) is 2.59. The number of amides is 2. The quantitative estimate of drug-likeness (QED) is 0.379. The minimum atomic E-state index is -1.53. The maximum Gasteiger partial charge on any atom is 0.451 e. The van der Waals surface area contributed by atoms with Gasteiger partial charge < -0.3 is 30.7 Å². The van der Waals surface area contributed by atoms with Crippen LogP contribution in [0.3, 0.4) is 0 Å². The van der Waals surface area contributed by atoms with E-state index in [0.29, 0.717) is 22.1 Å². The lowest BCUT2D eigenvalue weighted by molar-refractivity contribution is -0.116. The van der Waals surface area contributed by atoms with Crippen LogP contribution in [-0.4, -0.2) is 46.1 Å². The van der Waals surface area contributed by atoms with E-state index in [1.807, 2.05) is 0 Å². The number of carbonyl (C=O) groups is 2. The van der Waals surface area contributed by atoms with Crippen molar-refractivity contribution in [3.05, 3.63) is 36.4 Å². The van der Waals surface area contributed by atoms with E-state index in [2.05, 4.69) is 10.6 Å². The Balaban J connectivity index is 2.17. The molecule has 2 aromatic rings. The smallest absolute Gasteiger partial charge is 0.427 e. The molecule has 6 N–H and O–H groups in total. The fourth-order valence-electron chi connectivity index (χ4n) is 2.47. The maximum absolute atomic E-state index is 11.9. The van der Waals surface area contributed by atoms with Crippen LogP contribution in [0.1, 0.15) is 12.8 Å². The molecule has 0 saturated heterocycles. The molecule has 0 aliphatic rings. The van der Waals surface area contributed by atoms with E-state index in [-0.39, 0.29) is 37.3 Å². The zero-order valence-corrected chi connectivity index (χ0v) is 14.1. The Hall–Kier alpha value is -2.39. The number of anilines is 2. The van der Waals surface area contributed by atoms with Crippen LogP contribution in [0.4, 0.5) is 11.4 Å². The lowest BCUT2D eigenvalue weighted by Crippen LogP contribution is -2.18. The van der Waals surface area contributed by atoms with Crippen molar-refractivity contribution in [1.29, 1.82) is 0 Å². The molecule has 2 amide bonds. The SMILES string of the molecule is O=C(CCB(O)O)Nc1cccc2c(NC(=O)CCB(O)O)cccc12. The molecule has 0 aliphatic carbocycles. The van der Waals surface area contributed by atoms with Gasteiger partial charge in [0.15, 0.2) is 0 Å². The Morgan fingerprint density at radius 1 is 0.731 bits per heavy atom. The first kappa shape index (κ1) is 19.9. The van der Waals surface area contributed by atoms with Gasteiger partial charge in [-0.05, 0) is 24.8 Å². The third-order valence-corrected chi connectivity index (χ3v) is 3.73. The summed E-state index contributed by atoms with van der Waals surface area (Å²) in [7, 11) is -3.07. The van der Waals surface area contributed by atoms with Crippen LogP contribution >= 0.6 is 0 Å². The summed E-state index contributed by atoms with van der Waals surface area (Å²) in [6.07, 6.45) is -0.189. The van der Waals surface area contributed by atoms with Crippen molar-refractivity contribution in [2.75, 3.05) is 10.6 Å². The number of benzene rings is 2. The predicted octanol–water partition coefficient (Wildman–Crippen LogP) is 0.443. The van der Waals surface area contributed by atoms with E-state index in [0.717, 1.165) is 0 Å². The minimum absolute atomic E-state index is 0.0338. The normalized spacial score (nSPS) is 10.5. The standard InChI is InChI=1S/C16H20B2N2O6/c21-15(7-9-17(23)24)19-13-5-1-3-11-12(13)4-2-6-14(11)20-16(22)8-10-18(25)26/h1-6,23-26H,7-10H2,(H,19,21)(H,20,22). The summed E-state index contributed by atoms with van der Waals surface area (Å²) in [5.74, 6) is -0.700. The van der Waals surface area contributed by atoms with Crippen LogP contribution in [0.25, 0.3) is 10.8 Å². The molecule has 0 radical (unpaired) electrons. The highest BCUT2D eigenvalue weighted by Crippen LogP contribution is 2.29. The maximum atomic E-state index is 11.9. The molecule has 0 fully saturated rings. The van der Waals surface area contributed by atoms with Gasteiger partial charge in [0.25, 0.3) is 0 Å². The molecule has 0 spiro atoms. The van der Waals surface area contributed by atoms with Crippen molar-refractivity contribution in [1.82, 2.24) is 0 Å². The second-order valence-corrected chi connectivity index (χ2v) is 5.84. The molecular weight excluding hydrogens is 338 g/mol. The third kappa shape index (κ3) is 5.85. The first-order valence-corrected chi connectivity index (χ1v) is 8.20. The Morgan fingerprint density at radius 3 is 1.46 bits per heavy atom. The third-order valence-electron chi connectivity index (χ3n) is 3.73. The lowest BCUT2D eigenvalue weighted by atomic mass is 9.84. The van der Waals surface area contributed by atoms with Crippen molar-refractivity contribution >= 4 is 48.2 Å². The number of rotatable bonds is 8. The lowest BCUT2D eigenvalue weighted by Gasteiger charge is -2.12.